The summed E-state index contributed by atoms with van der Waals surface area (Å²) in [5.41, 5.74) is 12.2. The van der Waals surface area contributed by atoms with Gasteiger partial charge in [-0.3, -0.25) is 9.59 Å². The van der Waals surface area contributed by atoms with E-state index in [1.54, 1.807) is 31.3 Å². The maximum Gasteiger partial charge on any atom is 0.326 e. The van der Waals surface area contributed by atoms with Crippen LogP contribution in [0.2, 0.25) is 0 Å². The molecule has 30 heavy (non-hydrogen) atoms. The van der Waals surface area contributed by atoms with Gasteiger partial charge in [-0.15, -0.1) is 0 Å². The van der Waals surface area contributed by atoms with Crippen LogP contribution in [0.25, 0.3) is 0 Å². The number of nitrogens with one attached hydrogen (secondary N) is 1. The molecule has 1 heterocycles. The maximum atomic E-state index is 12.3. The Morgan fingerprint density at radius 3 is 2.53 bits per heavy atom. The summed E-state index contributed by atoms with van der Waals surface area (Å²) >= 11 is 0. The number of aromatic nitrogens is 2. The Morgan fingerprint density at radius 2 is 1.97 bits per heavy atom. The van der Waals surface area contributed by atoms with Crippen molar-refractivity contribution in [2.24, 2.45) is 5.73 Å². The van der Waals surface area contributed by atoms with E-state index in [9.17, 15) is 19.5 Å². The van der Waals surface area contributed by atoms with Crippen LogP contribution in [0, 0.1) is 11.3 Å². The summed E-state index contributed by atoms with van der Waals surface area (Å²) in [7, 11) is 1.80. The highest BCUT2D eigenvalue weighted by molar-refractivity contribution is 5.97. The highest BCUT2D eigenvalue weighted by Crippen LogP contribution is 2.17. The largest absolute Gasteiger partial charge is 0.480 e. The number of carbonyl (C=O) groups excluding carboxylic acids is 2. The molecule has 0 saturated heterocycles. The Labute approximate surface area is 172 Å². The second-order valence-corrected chi connectivity index (χ2v) is 6.48. The lowest BCUT2D eigenvalue weighted by Crippen LogP contribution is -2.41. The molecule has 0 fully saturated rings. The number of hydrogen-bond acceptors (Lipinski definition) is 8. The molecule has 0 saturated carbocycles. The van der Waals surface area contributed by atoms with Crippen LogP contribution < -0.4 is 21.7 Å². The van der Waals surface area contributed by atoms with Crippen LogP contribution in [-0.2, 0) is 16.1 Å². The van der Waals surface area contributed by atoms with E-state index in [1.165, 1.54) is 6.20 Å². The number of nitrogens with zero attached hydrogens (tertiary/aromatic N) is 4. The number of primary amides is 1. The van der Waals surface area contributed by atoms with Gasteiger partial charge in [-0.1, -0.05) is 0 Å². The summed E-state index contributed by atoms with van der Waals surface area (Å²) in [4.78, 5) is 44.3. The first-order chi connectivity index (χ1) is 14.2. The normalized spacial score (nSPS) is 11.2. The highest BCUT2D eigenvalue weighted by Gasteiger charge is 2.21. The zero-order chi connectivity index (χ0) is 22.3. The summed E-state index contributed by atoms with van der Waals surface area (Å²) in [6.45, 7) is 0.349. The lowest BCUT2D eigenvalue weighted by atomic mass is 10.1. The number of hydrogen-bond donors (Lipinski definition) is 4. The average molecular weight is 411 g/mol. The molecule has 11 heteroatoms. The van der Waals surface area contributed by atoms with E-state index in [0.29, 0.717) is 12.2 Å². The first-order valence-corrected chi connectivity index (χ1v) is 8.86. The Balaban J connectivity index is 2.04. The molecule has 2 aromatic rings. The predicted molar refractivity (Wildman–Crippen MR) is 107 cm³/mol. The van der Waals surface area contributed by atoms with Crippen molar-refractivity contribution in [3.8, 4) is 6.07 Å². The molecule has 1 aromatic heterocycles. The topological polar surface area (TPSA) is 188 Å². The second-order valence-electron chi connectivity index (χ2n) is 6.48. The second kappa shape index (κ2) is 9.83. The van der Waals surface area contributed by atoms with E-state index in [0.717, 1.165) is 5.69 Å². The van der Waals surface area contributed by atoms with E-state index < -0.39 is 23.8 Å². The zero-order valence-electron chi connectivity index (χ0n) is 16.2. The van der Waals surface area contributed by atoms with Crippen molar-refractivity contribution in [2.45, 2.75) is 25.4 Å². The minimum absolute atomic E-state index is 0.0530. The Morgan fingerprint density at radius 1 is 1.30 bits per heavy atom. The van der Waals surface area contributed by atoms with Crippen molar-refractivity contribution in [1.82, 2.24) is 15.3 Å². The van der Waals surface area contributed by atoms with Gasteiger partial charge in [0.1, 0.15) is 12.1 Å². The fraction of sp³-hybridized carbons (Fsp3) is 0.263. The van der Waals surface area contributed by atoms with Gasteiger partial charge in [0.25, 0.3) is 5.91 Å². The molecule has 1 atom stereocenters. The van der Waals surface area contributed by atoms with Gasteiger partial charge in [0.05, 0.1) is 18.4 Å². The molecule has 11 nitrogen and oxygen atoms in total. The van der Waals surface area contributed by atoms with Gasteiger partial charge in [0.2, 0.25) is 5.91 Å². The van der Waals surface area contributed by atoms with Crippen LogP contribution in [-0.4, -0.2) is 45.9 Å². The SMILES string of the molecule is CN(Cc1cnc(N)c(C#N)n1)c1ccc(C(=O)N[C@@H](CCC(N)=O)C(=O)O)cc1. The van der Waals surface area contributed by atoms with Gasteiger partial charge >= 0.3 is 5.97 Å². The van der Waals surface area contributed by atoms with Gasteiger partial charge in [-0.05, 0) is 30.7 Å². The molecular weight excluding hydrogens is 390 g/mol. The number of carbonyl (C=O) groups is 3. The number of aliphatic carboxylic acids is 1. The number of carboxylic acid groups (broad SMARTS) is 1. The highest BCUT2D eigenvalue weighted by atomic mass is 16.4. The summed E-state index contributed by atoms with van der Waals surface area (Å²) in [6.07, 6.45) is 1.24. The molecule has 0 unspecified atom stereocenters. The molecule has 0 aliphatic rings. The molecule has 2 amide bonds. The van der Waals surface area contributed by atoms with Crippen LogP contribution in [0.3, 0.4) is 0 Å². The number of carboxylic acids is 1. The lowest BCUT2D eigenvalue weighted by molar-refractivity contribution is -0.139. The molecule has 0 aliphatic carbocycles. The van der Waals surface area contributed by atoms with Crippen LogP contribution in [0.5, 0.6) is 0 Å². The van der Waals surface area contributed by atoms with E-state index in [4.69, 9.17) is 16.7 Å². The summed E-state index contributed by atoms with van der Waals surface area (Å²) < 4.78 is 0. The monoisotopic (exact) mass is 411 g/mol. The molecule has 0 radical (unpaired) electrons. The van der Waals surface area contributed by atoms with E-state index in [2.05, 4.69) is 15.3 Å². The third kappa shape index (κ3) is 5.90. The van der Waals surface area contributed by atoms with Crippen molar-refractivity contribution < 1.29 is 19.5 Å². The zero-order valence-corrected chi connectivity index (χ0v) is 16.2. The van der Waals surface area contributed by atoms with Gasteiger partial charge in [0, 0.05) is 24.7 Å². The quantitative estimate of drug-likeness (QED) is 0.440. The Bertz CT molecular complexity index is 985. The fourth-order valence-corrected chi connectivity index (χ4v) is 2.58. The molecule has 1 aromatic carbocycles. The lowest BCUT2D eigenvalue weighted by Gasteiger charge is -2.19. The van der Waals surface area contributed by atoms with Crippen LogP contribution in [0.1, 0.15) is 34.6 Å². The first kappa shape index (κ1) is 22.1. The van der Waals surface area contributed by atoms with Gasteiger partial charge in [-0.25, -0.2) is 14.8 Å². The summed E-state index contributed by atoms with van der Waals surface area (Å²) in [5, 5.41) is 20.5. The Hall–Kier alpha value is -4.20. The third-order valence-electron chi connectivity index (χ3n) is 4.21. The number of nitrogen functional groups attached to an aromatic ring is 1. The smallest absolute Gasteiger partial charge is 0.326 e. The third-order valence-corrected chi connectivity index (χ3v) is 4.21. The number of amides is 2. The van der Waals surface area contributed by atoms with Crippen molar-refractivity contribution in [1.29, 1.82) is 5.26 Å². The molecule has 6 N–H and O–H groups in total. The minimum atomic E-state index is -1.25. The summed E-state index contributed by atoms with van der Waals surface area (Å²) in [6, 6.07) is 7.12. The average Bonchev–Trinajstić information content (AvgIpc) is 2.71. The maximum absolute atomic E-state index is 12.3. The fourth-order valence-electron chi connectivity index (χ4n) is 2.58. The minimum Gasteiger partial charge on any atom is -0.480 e. The number of nitriles is 1. The Kier molecular flexibility index (Phi) is 7.24. The van der Waals surface area contributed by atoms with Gasteiger partial charge < -0.3 is 26.8 Å². The number of nitrogens with two attached hydrogens (primary N) is 2. The van der Waals surface area contributed by atoms with E-state index >= 15 is 0 Å². The predicted octanol–water partition coefficient (Wildman–Crippen LogP) is 0.0154. The van der Waals surface area contributed by atoms with Gasteiger partial charge in [-0.2, -0.15) is 5.26 Å². The van der Waals surface area contributed by atoms with Crippen molar-refractivity contribution in [2.75, 3.05) is 17.7 Å². The molecule has 2 rings (SSSR count). The standard InChI is InChI=1S/C19H21N7O4/c1-26(10-12-9-23-17(22)15(8-20)24-12)13-4-2-11(3-5-13)18(28)25-14(19(29)30)6-7-16(21)27/h2-5,9,14H,6-7,10H2,1H3,(H2,21,27)(H2,22,23)(H,25,28)(H,29,30)/t14-/m0/s1. The van der Waals surface area contributed by atoms with Crippen LogP contribution in [0.15, 0.2) is 30.5 Å². The van der Waals surface area contributed by atoms with Crippen LogP contribution in [0.4, 0.5) is 11.5 Å². The first-order valence-electron chi connectivity index (χ1n) is 8.86. The molecular formula is C19H21N7O4. The van der Waals surface area contributed by atoms with Crippen molar-refractivity contribution in [3.05, 3.63) is 47.4 Å². The molecule has 0 aliphatic heterocycles. The number of benzene rings is 1. The number of rotatable bonds is 9. The van der Waals surface area contributed by atoms with Gasteiger partial charge in [0.15, 0.2) is 11.5 Å². The number of anilines is 2. The molecule has 0 spiro atoms. The van der Waals surface area contributed by atoms with E-state index in [1.807, 2.05) is 11.0 Å². The summed E-state index contributed by atoms with van der Waals surface area (Å²) in [5.74, 6) is -2.41. The molecule has 0 bridgehead atoms. The van der Waals surface area contributed by atoms with Crippen LogP contribution >= 0.6 is 0 Å². The van der Waals surface area contributed by atoms with E-state index in [-0.39, 0.29) is 29.9 Å². The van der Waals surface area contributed by atoms with Crippen molar-refractivity contribution in [3.63, 3.8) is 0 Å². The van der Waals surface area contributed by atoms with Crippen molar-refractivity contribution >= 4 is 29.3 Å². The molecule has 156 valence electrons.